The lowest BCUT2D eigenvalue weighted by molar-refractivity contribution is -0.154. The number of nitrogens with two attached hydrogens (primary N) is 1. The van der Waals surface area contributed by atoms with Gasteiger partial charge in [-0.05, 0) is 93.6 Å². The van der Waals surface area contributed by atoms with Crippen LogP contribution in [0.2, 0.25) is 0 Å². The zero-order valence-corrected chi connectivity index (χ0v) is 32.7. The molecule has 4 atom stereocenters. The Balaban J connectivity index is 1.75. The highest BCUT2D eigenvalue weighted by molar-refractivity contribution is 7.98. The first kappa shape index (κ1) is 43.9. The summed E-state index contributed by atoms with van der Waals surface area (Å²) in [6, 6.07) is 19.2. The van der Waals surface area contributed by atoms with Crippen molar-refractivity contribution in [1.29, 1.82) is 0 Å². The number of hydrogen-bond donors (Lipinski definition) is 4. The normalized spacial score (nSPS) is 13.5. The summed E-state index contributed by atoms with van der Waals surface area (Å²) < 4.78 is 22.1. The Kier molecular flexibility index (Phi) is 17.6. The van der Waals surface area contributed by atoms with Gasteiger partial charge in [-0.3, -0.25) is 14.4 Å². The minimum absolute atomic E-state index is 0.114. The average Bonchev–Trinajstić information content (AvgIpc) is 3.15. The Morgan fingerprint density at radius 2 is 1.36 bits per heavy atom. The van der Waals surface area contributed by atoms with Gasteiger partial charge in [0.25, 0.3) is 0 Å². The Labute approximate surface area is 325 Å². The van der Waals surface area contributed by atoms with E-state index in [1.54, 1.807) is 83.3 Å². The molecule has 16 heteroatoms. The SMILES string of the molecule is COc1ccc(/N=N/c2ccc(COC(=O)C(NC(=O)C(CC(N)=O)NC(=O)C(CCSC)NC(=O)OC(C)(C)C)C(C)OCc3ccccc3)cc2)cc1. The molecule has 0 radical (unpaired) electrons. The summed E-state index contributed by atoms with van der Waals surface area (Å²) in [6.45, 7) is 6.58. The number of nitrogens with one attached hydrogen (secondary N) is 3. The Bertz CT molecular complexity index is 1740. The molecule has 0 saturated carbocycles. The van der Waals surface area contributed by atoms with Crippen molar-refractivity contribution in [3.63, 3.8) is 0 Å². The molecule has 0 bridgehead atoms. The van der Waals surface area contributed by atoms with Crippen LogP contribution in [0.3, 0.4) is 0 Å². The quantitative estimate of drug-likeness (QED) is 0.0865. The standard InChI is InChI=1S/C39H50N6O9S/c1-25(52-23-26-10-8-7-9-11-26)34(37(49)53-24-27-12-14-28(15-13-27)44-45-29-16-18-30(51-5)19-17-29)43-36(48)32(22-33(40)46)41-35(47)31(20-21-55-6)42-38(50)54-39(2,3)4/h7-19,25,31-32,34H,20-24H2,1-6H3,(H2,40,46)(H,41,47)(H,42,50)(H,43,48)/b45-44+. The number of carbonyl (C=O) groups excluding carboxylic acids is 5. The van der Waals surface area contributed by atoms with E-state index in [1.165, 1.54) is 11.8 Å². The molecule has 0 saturated heterocycles. The number of ether oxygens (including phenoxy) is 4. The number of rotatable bonds is 20. The number of thioether (sulfide) groups is 1. The second-order valence-electron chi connectivity index (χ2n) is 13.4. The molecule has 4 amide bonds. The number of hydrogen-bond acceptors (Lipinski definition) is 12. The van der Waals surface area contributed by atoms with Crippen LogP contribution >= 0.6 is 11.8 Å². The molecule has 0 aliphatic carbocycles. The van der Waals surface area contributed by atoms with Crippen LogP contribution in [0.15, 0.2) is 89.1 Å². The fourth-order valence-corrected chi connectivity index (χ4v) is 5.30. The van der Waals surface area contributed by atoms with Gasteiger partial charge in [0.2, 0.25) is 17.7 Å². The van der Waals surface area contributed by atoms with Crippen molar-refractivity contribution in [2.24, 2.45) is 16.0 Å². The van der Waals surface area contributed by atoms with Gasteiger partial charge >= 0.3 is 12.1 Å². The fourth-order valence-electron chi connectivity index (χ4n) is 4.82. The lowest BCUT2D eigenvalue weighted by atomic mass is 10.1. The maximum atomic E-state index is 13.7. The second-order valence-corrected chi connectivity index (χ2v) is 14.4. The van der Waals surface area contributed by atoms with Crippen molar-refractivity contribution in [3.8, 4) is 5.75 Å². The number of primary amides is 1. The van der Waals surface area contributed by atoms with Crippen LogP contribution in [0, 0.1) is 0 Å². The number of methoxy groups -OCH3 is 1. The van der Waals surface area contributed by atoms with Gasteiger partial charge in [-0.25, -0.2) is 9.59 Å². The van der Waals surface area contributed by atoms with E-state index >= 15 is 0 Å². The van der Waals surface area contributed by atoms with E-state index < -0.39 is 66.0 Å². The van der Waals surface area contributed by atoms with E-state index in [1.807, 2.05) is 36.6 Å². The van der Waals surface area contributed by atoms with Crippen molar-refractivity contribution in [2.75, 3.05) is 19.1 Å². The molecule has 55 heavy (non-hydrogen) atoms. The summed E-state index contributed by atoms with van der Waals surface area (Å²) >= 11 is 1.44. The van der Waals surface area contributed by atoms with Crippen molar-refractivity contribution in [2.45, 2.75) is 83.6 Å². The molecule has 4 unspecified atom stereocenters. The largest absolute Gasteiger partial charge is 0.497 e. The molecule has 3 aromatic rings. The smallest absolute Gasteiger partial charge is 0.408 e. The number of amides is 4. The summed E-state index contributed by atoms with van der Waals surface area (Å²) in [5.74, 6) is -2.17. The highest BCUT2D eigenvalue weighted by atomic mass is 32.2. The molecule has 0 fully saturated rings. The number of alkyl carbamates (subject to hydrolysis) is 1. The molecule has 15 nitrogen and oxygen atoms in total. The van der Waals surface area contributed by atoms with E-state index in [9.17, 15) is 24.0 Å². The maximum absolute atomic E-state index is 13.7. The Morgan fingerprint density at radius 3 is 1.93 bits per heavy atom. The average molecular weight is 779 g/mol. The molecule has 296 valence electrons. The summed E-state index contributed by atoms with van der Waals surface area (Å²) in [5, 5.41) is 16.1. The van der Waals surface area contributed by atoms with Gasteiger partial charge in [0.15, 0.2) is 6.04 Å². The third-order valence-electron chi connectivity index (χ3n) is 7.70. The van der Waals surface area contributed by atoms with Crippen molar-refractivity contribution < 1.29 is 42.9 Å². The first-order chi connectivity index (χ1) is 26.2. The zero-order valence-electron chi connectivity index (χ0n) is 31.9. The fraction of sp³-hybridized carbons (Fsp3) is 0.410. The summed E-state index contributed by atoms with van der Waals surface area (Å²) in [6.07, 6.45) is -0.320. The third-order valence-corrected chi connectivity index (χ3v) is 8.35. The Morgan fingerprint density at radius 1 is 0.782 bits per heavy atom. The molecular formula is C39H50N6O9S. The van der Waals surface area contributed by atoms with Crippen LogP contribution in [0.4, 0.5) is 16.2 Å². The van der Waals surface area contributed by atoms with Gasteiger partial charge in [-0.15, -0.1) is 0 Å². The molecule has 3 aromatic carbocycles. The molecule has 3 rings (SSSR count). The highest BCUT2D eigenvalue weighted by Gasteiger charge is 2.34. The van der Waals surface area contributed by atoms with Gasteiger partial charge in [0, 0.05) is 0 Å². The molecule has 0 aliphatic rings. The first-order valence-corrected chi connectivity index (χ1v) is 18.9. The number of carbonyl (C=O) groups is 5. The van der Waals surface area contributed by atoms with E-state index in [4.69, 9.17) is 24.7 Å². The van der Waals surface area contributed by atoms with Crippen LogP contribution in [-0.2, 0) is 46.6 Å². The number of azo groups is 1. The van der Waals surface area contributed by atoms with Gasteiger partial charge in [-0.1, -0.05) is 42.5 Å². The second kappa shape index (κ2) is 22.0. The van der Waals surface area contributed by atoms with Crippen LogP contribution < -0.4 is 26.4 Å². The number of nitrogens with zero attached hydrogens (tertiary/aromatic N) is 2. The minimum Gasteiger partial charge on any atom is -0.497 e. The van der Waals surface area contributed by atoms with Crippen LogP contribution in [-0.4, -0.2) is 78.7 Å². The van der Waals surface area contributed by atoms with Crippen LogP contribution in [0.1, 0.15) is 51.7 Å². The van der Waals surface area contributed by atoms with E-state index in [0.717, 1.165) is 5.56 Å². The van der Waals surface area contributed by atoms with Gasteiger partial charge < -0.3 is 40.6 Å². The molecule has 0 spiro atoms. The molecule has 0 aromatic heterocycles. The van der Waals surface area contributed by atoms with E-state index in [-0.39, 0.29) is 19.6 Å². The monoisotopic (exact) mass is 778 g/mol. The maximum Gasteiger partial charge on any atom is 0.408 e. The van der Waals surface area contributed by atoms with Crippen molar-refractivity contribution >= 4 is 52.9 Å². The topological polar surface area (TPSA) is 209 Å². The zero-order chi connectivity index (χ0) is 40.4. The molecule has 0 aliphatic heterocycles. The highest BCUT2D eigenvalue weighted by Crippen LogP contribution is 2.22. The predicted molar refractivity (Wildman–Crippen MR) is 208 cm³/mol. The molecular weight excluding hydrogens is 729 g/mol. The minimum atomic E-state index is -1.50. The van der Waals surface area contributed by atoms with Crippen LogP contribution in [0.25, 0.3) is 0 Å². The van der Waals surface area contributed by atoms with E-state index in [2.05, 4.69) is 26.2 Å². The van der Waals surface area contributed by atoms with Gasteiger partial charge in [-0.2, -0.15) is 22.0 Å². The van der Waals surface area contributed by atoms with E-state index in [0.29, 0.717) is 28.4 Å². The summed E-state index contributed by atoms with van der Waals surface area (Å²) in [7, 11) is 1.58. The number of esters is 1. The molecule has 5 N–H and O–H groups in total. The lowest BCUT2D eigenvalue weighted by Gasteiger charge is -2.27. The van der Waals surface area contributed by atoms with Crippen molar-refractivity contribution in [1.82, 2.24) is 16.0 Å². The summed E-state index contributed by atoms with van der Waals surface area (Å²) in [5.41, 5.74) is 7.30. The predicted octanol–water partition coefficient (Wildman–Crippen LogP) is 5.25. The van der Waals surface area contributed by atoms with Crippen LogP contribution in [0.5, 0.6) is 5.75 Å². The Hall–Kier alpha value is -5.48. The van der Waals surface area contributed by atoms with Gasteiger partial charge in [0.05, 0.1) is 37.6 Å². The first-order valence-electron chi connectivity index (χ1n) is 17.5. The summed E-state index contributed by atoms with van der Waals surface area (Å²) in [4.78, 5) is 65.3. The molecule has 0 heterocycles. The number of benzene rings is 3. The van der Waals surface area contributed by atoms with Crippen molar-refractivity contribution in [3.05, 3.63) is 90.0 Å². The van der Waals surface area contributed by atoms with Gasteiger partial charge in [0.1, 0.15) is 30.0 Å². The lowest BCUT2D eigenvalue weighted by Crippen LogP contribution is -2.58. The third kappa shape index (κ3) is 16.2.